The van der Waals surface area contributed by atoms with Crippen LogP contribution in [0.15, 0.2) is 24.3 Å². The molecule has 17 heavy (non-hydrogen) atoms. The van der Waals surface area contributed by atoms with Crippen LogP contribution in [0.4, 0.5) is 5.00 Å². The van der Waals surface area contributed by atoms with E-state index in [2.05, 4.69) is 9.69 Å². The van der Waals surface area contributed by atoms with Crippen molar-refractivity contribution in [2.24, 2.45) is 0 Å². The normalized spacial score (nSPS) is 12.5. The number of aliphatic carboxylic acids is 1. The number of carboxylic acid groups (broad SMARTS) is 1. The summed E-state index contributed by atoms with van der Waals surface area (Å²) in [5.74, 6) is -0.779. The largest absolute Gasteiger partial charge is 0.481 e. The first-order chi connectivity index (χ1) is 8.20. The third-order valence-corrected chi connectivity index (χ3v) is 3.44. The molecule has 4 nitrogen and oxygen atoms in total. The number of rotatable bonds is 5. The standard InChI is InChI=1S/C12H14N2O2S/c1-2-8(7-11(15)16)13-12-9-5-3-4-6-10(9)14-17-12/h3-6,8,13H,2,7H2,1H3,(H,15,16). The Hall–Kier alpha value is -1.62. The summed E-state index contributed by atoms with van der Waals surface area (Å²) >= 11 is 1.38. The molecule has 0 amide bonds. The summed E-state index contributed by atoms with van der Waals surface area (Å²) in [7, 11) is 0. The zero-order chi connectivity index (χ0) is 12.3. The summed E-state index contributed by atoms with van der Waals surface area (Å²) in [6.07, 6.45) is 0.904. The number of benzene rings is 1. The molecule has 0 aliphatic heterocycles. The summed E-state index contributed by atoms with van der Waals surface area (Å²) in [5, 5.41) is 14.1. The molecule has 0 spiro atoms. The maximum Gasteiger partial charge on any atom is 0.305 e. The monoisotopic (exact) mass is 250 g/mol. The zero-order valence-corrected chi connectivity index (χ0v) is 10.3. The van der Waals surface area contributed by atoms with Crippen LogP contribution in [0.1, 0.15) is 19.8 Å². The first-order valence-electron chi connectivity index (χ1n) is 5.53. The molecule has 0 aliphatic carbocycles. The molecular weight excluding hydrogens is 236 g/mol. The average Bonchev–Trinajstić information content (AvgIpc) is 2.71. The fourth-order valence-corrected chi connectivity index (χ4v) is 2.53. The maximum atomic E-state index is 10.7. The van der Waals surface area contributed by atoms with Crippen molar-refractivity contribution in [1.82, 2.24) is 4.37 Å². The SMILES string of the molecule is CCC(CC(=O)O)Nc1snc2ccccc12. The summed E-state index contributed by atoms with van der Waals surface area (Å²) in [6.45, 7) is 1.98. The molecule has 90 valence electrons. The Kier molecular flexibility index (Phi) is 3.58. The van der Waals surface area contributed by atoms with Crippen LogP contribution < -0.4 is 5.32 Å². The van der Waals surface area contributed by atoms with Gasteiger partial charge in [0, 0.05) is 11.4 Å². The van der Waals surface area contributed by atoms with E-state index in [4.69, 9.17) is 5.11 Å². The van der Waals surface area contributed by atoms with Gasteiger partial charge in [-0.15, -0.1) is 0 Å². The van der Waals surface area contributed by atoms with E-state index in [0.717, 1.165) is 22.3 Å². The van der Waals surface area contributed by atoms with Crippen LogP contribution in [0.25, 0.3) is 10.9 Å². The van der Waals surface area contributed by atoms with Crippen LogP contribution in [0, 0.1) is 0 Å². The summed E-state index contributed by atoms with van der Waals surface area (Å²) < 4.78 is 4.32. The van der Waals surface area contributed by atoms with Gasteiger partial charge >= 0.3 is 5.97 Å². The Bertz CT molecular complexity index is 524. The molecule has 0 radical (unpaired) electrons. The number of carbonyl (C=O) groups is 1. The van der Waals surface area contributed by atoms with E-state index in [9.17, 15) is 4.79 Å². The highest BCUT2D eigenvalue weighted by Crippen LogP contribution is 2.28. The minimum absolute atomic E-state index is 0.0450. The lowest BCUT2D eigenvalue weighted by Gasteiger charge is -2.14. The lowest BCUT2D eigenvalue weighted by Crippen LogP contribution is -2.21. The van der Waals surface area contributed by atoms with Crippen LogP contribution in [-0.2, 0) is 4.79 Å². The van der Waals surface area contributed by atoms with Gasteiger partial charge in [-0.25, -0.2) is 0 Å². The predicted molar refractivity (Wildman–Crippen MR) is 69.6 cm³/mol. The number of nitrogens with zero attached hydrogens (tertiary/aromatic N) is 1. The van der Waals surface area contributed by atoms with Crippen LogP contribution in [0.3, 0.4) is 0 Å². The molecule has 2 rings (SSSR count). The van der Waals surface area contributed by atoms with Gasteiger partial charge in [0.1, 0.15) is 5.00 Å². The van der Waals surface area contributed by atoms with E-state index < -0.39 is 5.97 Å². The summed E-state index contributed by atoms with van der Waals surface area (Å²) in [6, 6.07) is 7.81. The van der Waals surface area contributed by atoms with E-state index in [1.54, 1.807) is 0 Å². The molecular formula is C12H14N2O2S. The quantitative estimate of drug-likeness (QED) is 0.856. The van der Waals surface area contributed by atoms with Crippen LogP contribution in [-0.4, -0.2) is 21.5 Å². The molecule has 1 aromatic heterocycles. The number of fused-ring (bicyclic) bond motifs is 1. The second kappa shape index (κ2) is 5.14. The van der Waals surface area contributed by atoms with Gasteiger partial charge in [0.15, 0.2) is 0 Å². The lowest BCUT2D eigenvalue weighted by molar-refractivity contribution is -0.137. The Morgan fingerprint density at radius 1 is 1.53 bits per heavy atom. The Morgan fingerprint density at radius 2 is 2.29 bits per heavy atom. The maximum absolute atomic E-state index is 10.7. The molecule has 0 fully saturated rings. The number of aromatic nitrogens is 1. The van der Waals surface area contributed by atoms with Crippen molar-refractivity contribution in [2.45, 2.75) is 25.8 Å². The molecule has 1 unspecified atom stereocenters. The smallest absolute Gasteiger partial charge is 0.305 e. The molecule has 5 heteroatoms. The van der Waals surface area contributed by atoms with Crippen LogP contribution in [0.2, 0.25) is 0 Å². The van der Waals surface area contributed by atoms with Gasteiger partial charge in [-0.2, -0.15) is 4.37 Å². The minimum atomic E-state index is -0.779. The van der Waals surface area contributed by atoms with Crippen molar-refractivity contribution in [3.63, 3.8) is 0 Å². The number of hydrogen-bond donors (Lipinski definition) is 2. The predicted octanol–water partition coefficient (Wildman–Crippen LogP) is 2.96. The molecule has 1 aromatic carbocycles. The van der Waals surface area contributed by atoms with Crippen molar-refractivity contribution in [2.75, 3.05) is 5.32 Å². The first kappa shape index (κ1) is 11.9. The second-order valence-electron chi connectivity index (χ2n) is 3.88. The fraction of sp³-hybridized carbons (Fsp3) is 0.333. The van der Waals surface area contributed by atoms with E-state index in [1.807, 2.05) is 31.2 Å². The number of anilines is 1. The molecule has 1 heterocycles. The summed E-state index contributed by atoms with van der Waals surface area (Å²) in [4.78, 5) is 10.7. The number of nitrogens with one attached hydrogen (secondary N) is 1. The number of carboxylic acids is 1. The molecule has 2 aromatic rings. The molecule has 0 saturated heterocycles. The van der Waals surface area contributed by atoms with Crippen LogP contribution >= 0.6 is 11.5 Å². The van der Waals surface area contributed by atoms with Crippen LogP contribution in [0.5, 0.6) is 0 Å². The van der Waals surface area contributed by atoms with E-state index in [-0.39, 0.29) is 12.5 Å². The third kappa shape index (κ3) is 2.74. The second-order valence-corrected chi connectivity index (χ2v) is 4.65. The van der Waals surface area contributed by atoms with Crippen molar-refractivity contribution < 1.29 is 9.90 Å². The third-order valence-electron chi connectivity index (χ3n) is 2.63. The lowest BCUT2D eigenvalue weighted by atomic mass is 10.1. The molecule has 0 saturated carbocycles. The van der Waals surface area contributed by atoms with Gasteiger partial charge in [-0.05, 0) is 30.1 Å². The van der Waals surface area contributed by atoms with Crippen molar-refractivity contribution in [3.8, 4) is 0 Å². The Balaban J connectivity index is 2.19. The topological polar surface area (TPSA) is 62.2 Å². The number of hydrogen-bond acceptors (Lipinski definition) is 4. The highest BCUT2D eigenvalue weighted by molar-refractivity contribution is 7.11. The Morgan fingerprint density at radius 3 is 3.00 bits per heavy atom. The Labute approximate surface area is 103 Å². The molecule has 2 N–H and O–H groups in total. The van der Waals surface area contributed by atoms with Crippen molar-refractivity contribution in [1.29, 1.82) is 0 Å². The van der Waals surface area contributed by atoms with Gasteiger partial charge in [-0.3, -0.25) is 4.79 Å². The van der Waals surface area contributed by atoms with E-state index in [0.29, 0.717) is 0 Å². The highest BCUT2D eigenvalue weighted by Gasteiger charge is 2.13. The molecule has 1 atom stereocenters. The van der Waals surface area contributed by atoms with E-state index in [1.165, 1.54) is 11.5 Å². The van der Waals surface area contributed by atoms with Gasteiger partial charge in [0.25, 0.3) is 0 Å². The molecule has 0 bridgehead atoms. The molecule has 0 aliphatic rings. The van der Waals surface area contributed by atoms with Crippen molar-refractivity contribution in [3.05, 3.63) is 24.3 Å². The average molecular weight is 250 g/mol. The van der Waals surface area contributed by atoms with Gasteiger partial charge in [-0.1, -0.05) is 19.1 Å². The van der Waals surface area contributed by atoms with Gasteiger partial charge < -0.3 is 10.4 Å². The minimum Gasteiger partial charge on any atom is -0.481 e. The summed E-state index contributed by atoms with van der Waals surface area (Å²) in [5.41, 5.74) is 0.949. The van der Waals surface area contributed by atoms with E-state index >= 15 is 0 Å². The highest BCUT2D eigenvalue weighted by atomic mass is 32.1. The van der Waals surface area contributed by atoms with Crippen molar-refractivity contribution >= 4 is 33.4 Å². The first-order valence-corrected chi connectivity index (χ1v) is 6.30. The fourth-order valence-electron chi connectivity index (χ4n) is 1.69. The zero-order valence-electron chi connectivity index (χ0n) is 9.51. The van der Waals surface area contributed by atoms with Gasteiger partial charge in [0.05, 0.1) is 11.9 Å². The van der Waals surface area contributed by atoms with Gasteiger partial charge in [0.2, 0.25) is 0 Å².